The monoisotopic (exact) mass is 340 g/mol. The maximum atomic E-state index is 12.4. The van der Waals surface area contributed by atoms with Crippen molar-refractivity contribution in [3.63, 3.8) is 0 Å². The van der Waals surface area contributed by atoms with Crippen molar-refractivity contribution >= 4 is 17.5 Å². The number of hydrogen-bond donors (Lipinski definition) is 1. The first-order valence-electron chi connectivity index (χ1n) is 8.59. The largest absolute Gasteiger partial charge is 0.338 e. The molecule has 3 rings (SSSR count). The molecule has 2 heterocycles. The lowest BCUT2D eigenvalue weighted by molar-refractivity contribution is -0.128. The van der Waals surface area contributed by atoms with Crippen molar-refractivity contribution in [2.75, 3.05) is 11.9 Å². The Hall–Kier alpha value is -2.63. The van der Waals surface area contributed by atoms with Gasteiger partial charge in [-0.05, 0) is 38.0 Å². The normalized spacial score (nSPS) is 14.2. The molecule has 1 fully saturated rings. The lowest BCUT2D eigenvalue weighted by Crippen LogP contribution is -2.24. The maximum Gasteiger partial charge on any atom is 0.228 e. The molecule has 0 spiro atoms. The number of rotatable bonds is 5. The van der Waals surface area contributed by atoms with Gasteiger partial charge in [-0.2, -0.15) is 5.10 Å². The highest BCUT2D eigenvalue weighted by Crippen LogP contribution is 2.18. The van der Waals surface area contributed by atoms with Crippen LogP contribution in [0.25, 0.3) is 0 Å². The number of hydrogen-bond acceptors (Lipinski definition) is 3. The van der Waals surface area contributed by atoms with E-state index in [2.05, 4.69) is 10.4 Å². The minimum Gasteiger partial charge on any atom is -0.338 e. The van der Waals surface area contributed by atoms with Crippen LogP contribution in [-0.2, 0) is 29.6 Å². The lowest BCUT2D eigenvalue weighted by atomic mass is 10.1. The number of nitrogens with one attached hydrogen (secondary N) is 1. The quantitative estimate of drug-likeness (QED) is 0.908. The minimum absolute atomic E-state index is 0.0615. The molecule has 1 aromatic carbocycles. The van der Waals surface area contributed by atoms with E-state index in [4.69, 9.17) is 0 Å². The van der Waals surface area contributed by atoms with E-state index < -0.39 is 0 Å². The zero-order valence-electron chi connectivity index (χ0n) is 15.0. The molecule has 0 bridgehead atoms. The van der Waals surface area contributed by atoms with Crippen LogP contribution in [0.15, 0.2) is 24.3 Å². The Morgan fingerprint density at radius 1 is 1.32 bits per heavy atom. The van der Waals surface area contributed by atoms with Crippen LogP contribution in [0.5, 0.6) is 0 Å². The molecule has 2 amide bonds. The molecule has 0 radical (unpaired) electrons. The van der Waals surface area contributed by atoms with Crippen LogP contribution in [0.4, 0.5) is 5.69 Å². The fourth-order valence-electron chi connectivity index (χ4n) is 3.28. The van der Waals surface area contributed by atoms with Crippen LogP contribution in [0.3, 0.4) is 0 Å². The predicted molar refractivity (Wildman–Crippen MR) is 96.1 cm³/mol. The summed E-state index contributed by atoms with van der Waals surface area (Å²) in [6.45, 7) is 5.30. The van der Waals surface area contributed by atoms with E-state index in [9.17, 15) is 9.59 Å². The smallest absolute Gasteiger partial charge is 0.228 e. The number of carbonyl (C=O) groups is 2. The van der Waals surface area contributed by atoms with Gasteiger partial charge < -0.3 is 10.2 Å². The van der Waals surface area contributed by atoms with Crippen molar-refractivity contribution in [3.05, 3.63) is 46.8 Å². The summed E-state index contributed by atoms with van der Waals surface area (Å²) in [4.78, 5) is 26.0. The highest BCUT2D eigenvalue weighted by atomic mass is 16.2. The lowest BCUT2D eigenvalue weighted by Gasteiger charge is -2.16. The van der Waals surface area contributed by atoms with Gasteiger partial charge in [-0.15, -0.1) is 0 Å². The zero-order chi connectivity index (χ0) is 18.0. The molecule has 0 saturated carbocycles. The molecule has 0 atom stereocenters. The molecule has 0 unspecified atom stereocenters. The van der Waals surface area contributed by atoms with Gasteiger partial charge in [0, 0.05) is 43.5 Å². The molecule has 1 aromatic heterocycles. The van der Waals surface area contributed by atoms with E-state index >= 15 is 0 Å². The van der Waals surface area contributed by atoms with Gasteiger partial charge in [0.1, 0.15) is 0 Å². The summed E-state index contributed by atoms with van der Waals surface area (Å²) < 4.78 is 1.80. The van der Waals surface area contributed by atoms with Crippen LogP contribution >= 0.6 is 0 Å². The average Bonchev–Trinajstić information content (AvgIpc) is 3.06. The van der Waals surface area contributed by atoms with E-state index in [1.807, 2.05) is 50.1 Å². The molecule has 1 aliphatic rings. The molecular formula is C19H24N4O2. The zero-order valence-corrected chi connectivity index (χ0v) is 15.0. The van der Waals surface area contributed by atoms with Crippen LogP contribution in [0.1, 0.15) is 35.4 Å². The van der Waals surface area contributed by atoms with Crippen LogP contribution in [0, 0.1) is 13.8 Å². The molecule has 1 N–H and O–H groups in total. The molecule has 132 valence electrons. The summed E-state index contributed by atoms with van der Waals surface area (Å²) >= 11 is 0. The SMILES string of the molecule is Cc1nn(C)c(C)c1CC(=O)Nc1cccc(CN2CCCC2=O)c1. The first-order chi connectivity index (χ1) is 11.9. The minimum atomic E-state index is -0.0615. The molecule has 2 aromatic rings. The number of aryl methyl sites for hydroxylation is 2. The van der Waals surface area contributed by atoms with Gasteiger partial charge >= 0.3 is 0 Å². The van der Waals surface area contributed by atoms with Crippen LogP contribution in [0.2, 0.25) is 0 Å². The molecular weight excluding hydrogens is 316 g/mol. The van der Waals surface area contributed by atoms with Gasteiger partial charge in [0.15, 0.2) is 0 Å². The molecule has 1 aliphatic heterocycles. The number of benzene rings is 1. The highest BCUT2D eigenvalue weighted by Gasteiger charge is 2.20. The summed E-state index contributed by atoms with van der Waals surface area (Å²) in [5.74, 6) is 0.144. The second-order valence-corrected chi connectivity index (χ2v) is 6.62. The molecule has 6 heteroatoms. The summed E-state index contributed by atoms with van der Waals surface area (Å²) in [6, 6.07) is 7.70. The summed E-state index contributed by atoms with van der Waals surface area (Å²) in [6.07, 6.45) is 1.87. The fraction of sp³-hybridized carbons (Fsp3) is 0.421. The van der Waals surface area contributed by atoms with Gasteiger partial charge in [0.25, 0.3) is 0 Å². The summed E-state index contributed by atoms with van der Waals surface area (Å²) in [5, 5.41) is 7.30. The summed E-state index contributed by atoms with van der Waals surface area (Å²) in [7, 11) is 1.88. The first kappa shape index (κ1) is 17.2. The first-order valence-corrected chi connectivity index (χ1v) is 8.59. The topological polar surface area (TPSA) is 67.2 Å². The van der Waals surface area contributed by atoms with Crippen molar-refractivity contribution in [3.8, 4) is 0 Å². The standard InChI is InChI=1S/C19H24N4O2/c1-13-17(14(2)22(3)21-13)11-18(24)20-16-7-4-6-15(10-16)12-23-9-5-8-19(23)25/h4,6-7,10H,5,8-9,11-12H2,1-3H3,(H,20,24). The number of likely N-dealkylation sites (tertiary alicyclic amines) is 1. The number of anilines is 1. The molecule has 1 saturated heterocycles. The van der Waals surface area contributed by atoms with Crippen LogP contribution < -0.4 is 5.32 Å². The van der Waals surface area contributed by atoms with Crippen molar-refractivity contribution in [1.82, 2.24) is 14.7 Å². The third-order valence-corrected chi connectivity index (χ3v) is 4.75. The van der Waals surface area contributed by atoms with Gasteiger partial charge in [0.2, 0.25) is 11.8 Å². The van der Waals surface area contributed by atoms with E-state index in [-0.39, 0.29) is 11.8 Å². The van der Waals surface area contributed by atoms with E-state index in [1.54, 1.807) is 4.68 Å². The fourth-order valence-corrected chi connectivity index (χ4v) is 3.28. The van der Waals surface area contributed by atoms with E-state index in [1.165, 1.54) is 0 Å². The van der Waals surface area contributed by atoms with Gasteiger partial charge in [-0.1, -0.05) is 12.1 Å². The van der Waals surface area contributed by atoms with Gasteiger partial charge in [0.05, 0.1) is 12.1 Å². The highest BCUT2D eigenvalue weighted by molar-refractivity contribution is 5.92. The Morgan fingerprint density at radius 2 is 2.12 bits per heavy atom. The van der Waals surface area contributed by atoms with Crippen molar-refractivity contribution in [1.29, 1.82) is 0 Å². The molecule has 6 nitrogen and oxygen atoms in total. The Balaban J connectivity index is 1.65. The van der Waals surface area contributed by atoms with E-state index in [0.717, 1.165) is 41.2 Å². The van der Waals surface area contributed by atoms with Crippen molar-refractivity contribution in [2.45, 2.75) is 39.7 Å². The number of carbonyl (C=O) groups excluding carboxylic acids is 2. The Morgan fingerprint density at radius 3 is 2.76 bits per heavy atom. The van der Waals surface area contributed by atoms with Gasteiger partial charge in [-0.25, -0.2) is 0 Å². The third-order valence-electron chi connectivity index (χ3n) is 4.75. The number of nitrogens with zero attached hydrogens (tertiary/aromatic N) is 3. The second-order valence-electron chi connectivity index (χ2n) is 6.62. The Bertz CT molecular complexity index is 810. The van der Waals surface area contributed by atoms with Crippen molar-refractivity contribution in [2.24, 2.45) is 7.05 Å². The Labute approximate surface area is 147 Å². The maximum absolute atomic E-state index is 12.4. The average molecular weight is 340 g/mol. The molecule has 0 aliphatic carbocycles. The number of amides is 2. The van der Waals surface area contributed by atoms with E-state index in [0.29, 0.717) is 19.4 Å². The van der Waals surface area contributed by atoms with Gasteiger partial charge in [-0.3, -0.25) is 14.3 Å². The predicted octanol–water partition coefficient (Wildman–Crippen LogP) is 2.34. The summed E-state index contributed by atoms with van der Waals surface area (Å²) in [5.41, 5.74) is 4.65. The second kappa shape index (κ2) is 7.09. The van der Waals surface area contributed by atoms with Crippen LogP contribution in [-0.4, -0.2) is 33.0 Å². The van der Waals surface area contributed by atoms with Crippen molar-refractivity contribution < 1.29 is 9.59 Å². The number of aromatic nitrogens is 2. The third kappa shape index (κ3) is 3.90. The Kier molecular flexibility index (Phi) is 4.88. The molecule has 25 heavy (non-hydrogen) atoms.